The number of rotatable bonds is 4. The van der Waals surface area contributed by atoms with Gasteiger partial charge in [0.15, 0.2) is 0 Å². The van der Waals surface area contributed by atoms with Crippen molar-refractivity contribution >= 4 is 23.6 Å². The summed E-state index contributed by atoms with van der Waals surface area (Å²) in [5.74, 6) is 0.577. The number of carbonyl (C=O) groups excluding carboxylic acids is 1. The Bertz CT molecular complexity index is 480. The monoisotopic (exact) mass is 284 g/mol. The zero-order valence-electron chi connectivity index (χ0n) is 10.9. The molecule has 2 rings (SSSR count). The van der Waals surface area contributed by atoms with Crippen LogP contribution in [0.15, 0.2) is 4.52 Å². The number of hydrogen-bond acceptors (Lipinski definition) is 5. The van der Waals surface area contributed by atoms with Gasteiger partial charge in [-0.15, -0.1) is 11.8 Å². The second kappa shape index (κ2) is 5.64. The highest BCUT2D eigenvalue weighted by Gasteiger charge is 2.34. The van der Waals surface area contributed by atoms with Crippen LogP contribution in [0.2, 0.25) is 0 Å². The molecule has 0 radical (unpaired) electrons. The Morgan fingerprint density at radius 2 is 2.26 bits per heavy atom. The van der Waals surface area contributed by atoms with Crippen molar-refractivity contribution in [2.75, 3.05) is 11.6 Å². The van der Waals surface area contributed by atoms with Crippen LogP contribution in [-0.4, -0.2) is 44.7 Å². The van der Waals surface area contributed by atoms with Gasteiger partial charge in [0.2, 0.25) is 5.91 Å². The van der Waals surface area contributed by atoms with Crippen molar-refractivity contribution in [3.05, 3.63) is 17.0 Å². The molecule has 0 aromatic carbocycles. The summed E-state index contributed by atoms with van der Waals surface area (Å²) in [7, 11) is 0. The van der Waals surface area contributed by atoms with E-state index in [9.17, 15) is 9.59 Å². The SMILES string of the molecule is Cc1noc(C)c1CCC(=O)N1CSCC1C(=O)O. The number of carbonyl (C=O) groups is 2. The number of carboxylic acid groups (broad SMARTS) is 1. The van der Waals surface area contributed by atoms with Crippen molar-refractivity contribution in [3.63, 3.8) is 0 Å². The largest absolute Gasteiger partial charge is 0.480 e. The lowest BCUT2D eigenvalue weighted by Gasteiger charge is -2.20. The number of amides is 1. The molecule has 1 saturated heterocycles. The van der Waals surface area contributed by atoms with Gasteiger partial charge in [-0.3, -0.25) is 4.79 Å². The van der Waals surface area contributed by atoms with Crippen molar-refractivity contribution in [2.24, 2.45) is 0 Å². The highest BCUT2D eigenvalue weighted by molar-refractivity contribution is 7.99. The standard InChI is InChI=1S/C12H16N2O4S/c1-7-9(8(2)18-13-7)3-4-11(15)14-6-19-5-10(14)12(16)17/h10H,3-6H2,1-2H3,(H,16,17). The molecule has 1 aromatic rings. The van der Waals surface area contributed by atoms with E-state index < -0.39 is 12.0 Å². The topological polar surface area (TPSA) is 83.6 Å². The zero-order chi connectivity index (χ0) is 14.0. The second-order valence-corrected chi connectivity index (χ2v) is 5.52. The van der Waals surface area contributed by atoms with E-state index in [1.165, 1.54) is 16.7 Å². The normalized spacial score (nSPS) is 18.8. The van der Waals surface area contributed by atoms with Gasteiger partial charge in [0.05, 0.1) is 11.6 Å². The van der Waals surface area contributed by atoms with E-state index >= 15 is 0 Å². The summed E-state index contributed by atoms with van der Waals surface area (Å²) < 4.78 is 5.04. The molecular formula is C12H16N2O4S. The molecule has 1 N–H and O–H groups in total. The molecule has 0 spiro atoms. The molecule has 1 aliphatic heterocycles. The van der Waals surface area contributed by atoms with Gasteiger partial charge in [0.1, 0.15) is 11.8 Å². The molecule has 7 heteroatoms. The van der Waals surface area contributed by atoms with Crippen molar-refractivity contribution in [2.45, 2.75) is 32.7 Å². The first-order valence-corrected chi connectivity index (χ1v) is 7.18. The molecule has 6 nitrogen and oxygen atoms in total. The smallest absolute Gasteiger partial charge is 0.327 e. The average molecular weight is 284 g/mol. The highest BCUT2D eigenvalue weighted by atomic mass is 32.2. The van der Waals surface area contributed by atoms with Crippen LogP contribution in [0.4, 0.5) is 0 Å². The predicted octanol–water partition coefficient (Wildman–Crippen LogP) is 1.21. The summed E-state index contributed by atoms with van der Waals surface area (Å²) in [6.45, 7) is 3.65. The third kappa shape index (κ3) is 2.91. The van der Waals surface area contributed by atoms with Crippen LogP contribution in [-0.2, 0) is 16.0 Å². The Kier molecular flexibility index (Phi) is 4.14. The average Bonchev–Trinajstić information content (AvgIpc) is 2.95. The van der Waals surface area contributed by atoms with Crippen LogP contribution >= 0.6 is 11.8 Å². The highest BCUT2D eigenvalue weighted by Crippen LogP contribution is 2.23. The number of hydrogen-bond donors (Lipinski definition) is 1. The van der Waals surface area contributed by atoms with Gasteiger partial charge in [-0.25, -0.2) is 4.79 Å². The maximum absolute atomic E-state index is 12.1. The minimum absolute atomic E-state index is 0.127. The van der Waals surface area contributed by atoms with E-state index in [4.69, 9.17) is 9.63 Å². The fraction of sp³-hybridized carbons (Fsp3) is 0.583. The van der Waals surface area contributed by atoms with Crippen molar-refractivity contribution in [3.8, 4) is 0 Å². The summed E-state index contributed by atoms with van der Waals surface area (Å²) in [4.78, 5) is 24.5. The van der Waals surface area contributed by atoms with E-state index in [0.29, 0.717) is 18.1 Å². The summed E-state index contributed by atoms with van der Waals surface area (Å²) in [6.07, 6.45) is 0.820. The van der Waals surface area contributed by atoms with Gasteiger partial charge >= 0.3 is 5.97 Å². The lowest BCUT2D eigenvalue weighted by Crippen LogP contribution is -2.41. The third-order valence-electron chi connectivity index (χ3n) is 3.26. The molecule has 1 atom stereocenters. The predicted molar refractivity (Wildman–Crippen MR) is 69.9 cm³/mol. The molecule has 0 bridgehead atoms. The maximum Gasteiger partial charge on any atom is 0.327 e. The van der Waals surface area contributed by atoms with Crippen LogP contribution in [0.5, 0.6) is 0 Å². The molecule has 1 amide bonds. The van der Waals surface area contributed by atoms with Crippen LogP contribution in [0, 0.1) is 13.8 Å². The first-order chi connectivity index (χ1) is 9.00. The Balaban J connectivity index is 1.96. The minimum atomic E-state index is -0.935. The first kappa shape index (κ1) is 13.9. The molecule has 0 aliphatic carbocycles. The summed E-state index contributed by atoms with van der Waals surface area (Å²) in [6, 6.07) is -0.692. The maximum atomic E-state index is 12.1. The lowest BCUT2D eigenvalue weighted by molar-refractivity contribution is -0.147. The van der Waals surface area contributed by atoms with Crippen molar-refractivity contribution in [1.82, 2.24) is 10.1 Å². The van der Waals surface area contributed by atoms with Gasteiger partial charge in [-0.05, 0) is 20.3 Å². The Morgan fingerprint density at radius 3 is 2.84 bits per heavy atom. The van der Waals surface area contributed by atoms with Crippen LogP contribution in [0.1, 0.15) is 23.4 Å². The number of aliphatic carboxylic acids is 1. The van der Waals surface area contributed by atoms with E-state index in [2.05, 4.69) is 5.16 Å². The van der Waals surface area contributed by atoms with Gasteiger partial charge in [0, 0.05) is 17.7 Å². The molecule has 1 aromatic heterocycles. The van der Waals surface area contributed by atoms with Gasteiger partial charge in [0.25, 0.3) is 0 Å². The van der Waals surface area contributed by atoms with E-state index in [0.717, 1.165) is 17.0 Å². The number of aryl methyl sites for hydroxylation is 2. The molecule has 2 heterocycles. The van der Waals surface area contributed by atoms with E-state index in [1.807, 2.05) is 13.8 Å². The quantitative estimate of drug-likeness (QED) is 0.894. The fourth-order valence-electron chi connectivity index (χ4n) is 2.13. The van der Waals surface area contributed by atoms with Crippen molar-refractivity contribution in [1.29, 1.82) is 0 Å². The van der Waals surface area contributed by atoms with Crippen LogP contribution < -0.4 is 0 Å². The lowest BCUT2D eigenvalue weighted by atomic mass is 10.1. The van der Waals surface area contributed by atoms with Crippen LogP contribution in [0.3, 0.4) is 0 Å². The molecule has 19 heavy (non-hydrogen) atoms. The number of thioether (sulfide) groups is 1. The minimum Gasteiger partial charge on any atom is -0.480 e. The molecular weight excluding hydrogens is 268 g/mol. The van der Waals surface area contributed by atoms with E-state index in [1.54, 1.807) is 0 Å². The zero-order valence-corrected chi connectivity index (χ0v) is 11.7. The van der Waals surface area contributed by atoms with Crippen molar-refractivity contribution < 1.29 is 19.2 Å². The molecule has 1 aliphatic rings. The van der Waals surface area contributed by atoms with E-state index in [-0.39, 0.29) is 12.3 Å². The Hall–Kier alpha value is -1.50. The first-order valence-electron chi connectivity index (χ1n) is 6.02. The number of carboxylic acids is 1. The Labute approximate surface area is 115 Å². The van der Waals surface area contributed by atoms with Crippen LogP contribution in [0.25, 0.3) is 0 Å². The van der Waals surface area contributed by atoms with Gasteiger partial charge in [-0.1, -0.05) is 5.16 Å². The van der Waals surface area contributed by atoms with Gasteiger partial charge < -0.3 is 14.5 Å². The summed E-state index contributed by atoms with van der Waals surface area (Å²) in [5, 5.41) is 12.9. The molecule has 104 valence electrons. The third-order valence-corrected chi connectivity index (χ3v) is 4.27. The summed E-state index contributed by atoms with van der Waals surface area (Å²) in [5.41, 5.74) is 1.72. The summed E-state index contributed by atoms with van der Waals surface area (Å²) >= 11 is 1.47. The molecule has 1 unspecified atom stereocenters. The number of aromatic nitrogens is 1. The fourth-order valence-corrected chi connectivity index (χ4v) is 3.30. The number of nitrogens with zero attached hydrogens (tertiary/aromatic N) is 2. The second-order valence-electron chi connectivity index (χ2n) is 4.52. The molecule has 0 saturated carbocycles. The molecule has 1 fully saturated rings. The van der Waals surface area contributed by atoms with Gasteiger partial charge in [-0.2, -0.15) is 0 Å². The Morgan fingerprint density at radius 1 is 1.53 bits per heavy atom.